The lowest BCUT2D eigenvalue weighted by molar-refractivity contribution is -0.140. The fourth-order valence-electron chi connectivity index (χ4n) is 1.71. The molecule has 2 aliphatic rings. The number of Topliss-reactive ketones (excluding diaryl/α,β-unsaturated/α-hetero) is 1. The van der Waals surface area contributed by atoms with E-state index in [-0.39, 0.29) is 5.03 Å². The molecular weight excluding hydrogens is 232 g/mol. The van der Waals surface area contributed by atoms with Crippen molar-refractivity contribution in [2.45, 2.75) is 25.6 Å². The highest BCUT2D eigenvalue weighted by atomic mass is 35.5. The maximum absolute atomic E-state index is 11.7. The van der Waals surface area contributed by atoms with Crippen LogP contribution in [0.1, 0.15) is 13.8 Å². The number of allylic oxidation sites excluding steroid dienone is 2. The zero-order valence-electron chi connectivity index (χ0n) is 8.82. The van der Waals surface area contributed by atoms with Gasteiger partial charge in [0.1, 0.15) is 11.9 Å². The molecule has 1 aliphatic heterocycles. The van der Waals surface area contributed by atoms with Crippen LogP contribution in [0.4, 0.5) is 0 Å². The number of ether oxygens (including phenoxy) is 1. The lowest BCUT2D eigenvalue weighted by Gasteiger charge is -2.35. The third-order valence-corrected chi connectivity index (χ3v) is 3.13. The number of halogens is 1. The highest BCUT2D eigenvalue weighted by Crippen LogP contribution is 2.38. The Morgan fingerprint density at radius 1 is 1.56 bits per heavy atom. The first-order valence-corrected chi connectivity index (χ1v) is 5.14. The third-order valence-electron chi connectivity index (χ3n) is 2.75. The van der Waals surface area contributed by atoms with Crippen LogP contribution in [0.3, 0.4) is 0 Å². The van der Waals surface area contributed by atoms with Crippen molar-refractivity contribution in [3.05, 3.63) is 34.3 Å². The minimum absolute atomic E-state index is 0.0794. The molecule has 0 saturated carbocycles. The predicted octanol–water partition coefficient (Wildman–Crippen LogP) is 0.992. The van der Waals surface area contributed by atoms with Gasteiger partial charge in [-0.1, -0.05) is 11.6 Å². The number of hydrogen-bond donors (Lipinski definition) is 2. The second kappa shape index (κ2) is 3.45. The second-order valence-electron chi connectivity index (χ2n) is 4.05. The normalized spacial score (nSPS) is 34.1. The molecule has 0 saturated heterocycles. The second-order valence-corrected chi connectivity index (χ2v) is 4.43. The Hall–Kier alpha value is -1.10. The van der Waals surface area contributed by atoms with Gasteiger partial charge in [0.2, 0.25) is 5.78 Å². The molecule has 2 rings (SSSR count). The number of rotatable bonds is 0. The van der Waals surface area contributed by atoms with Gasteiger partial charge in [-0.3, -0.25) is 4.79 Å². The van der Waals surface area contributed by atoms with Gasteiger partial charge in [-0.05, 0) is 19.9 Å². The molecule has 0 radical (unpaired) electrons. The van der Waals surface area contributed by atoms with E-state index in [9.17, 15) is 15.0 Å². The molecule has 2 N–H and O–H groups in total. The van der Waals surface area contributed by atoms with Gasteiger partial charge in [-0.25, -0.2) is 0 Å². The van der Waals surface area contributed by atoms with E-state index in [0.717, 1.165) is 0 Å². The van der Waals surface area contributed by atoms with E-state index in [1.165, 1.54) is 13.2 Å². The molecule has 86 valence electrons. The fourth-order valence-corrected chi connectivity index (χ4v) is 2.07. The summed E-state index contributed by atoms with van der Waals surface area (Å²) in [6.07, 6.45) is 1.54. The van der Waals surface area contributed by atoms with E-state index in [4.69, 9.17) is 16.3 Å². The van der Waals surface area contributed by atoms with Crippen molar-refractivity contribution in [2.24, 2.45) is 0 Å². The summed E-state index contributed by atoms with van der Waals surface area (Å²) in [5, 5.41) is 19.6. The van der Waals surface area contributed by atoms with Crippen LogP contribution in [0.2, 0.25) is 0 Å². The smallest absolute Gasteiger partial charge is 0.209 e. The molecule has 4 nitrogen and oxygen atoms in total. The van der Waals surface area contributed by atoms with Gasteiger partial charge in [0, 0.05) is 11.1 Å². The molecular formula is C11H11ClO4. The molecule has 0 amide bonds. The first-order valence-electron chi connectivity index (χ1n) is 4.76. The van der Waals surface area contributed by atoms with Gasteiger partial charge in [0.05, 0.1) is 11.3 Å². The Kier molecular flexibility index (Phi) is 2.45. The van der Waals surface area contributed by atoms with Crippen LogP contribution in [0.5, 0.6) is 0 Å². The van der Waals surface area contributed by atoms with Gasteiger partial charge in [0.15, 0.2) is 5.60 Å². The maximum atomic E-state index is 11.7. The minimum Gasteiger partial charge on any atom is -0.469 e. The number of aliphatic hydroxyl groups excluding tert-OH is 1. The molecule has 1 heterocycles. The summed E-state index contributed by atoms with van der Waals surface area (Å²) in [5.41, 5.74) is -1.18. The topological polar surface area (TPSA) is 66.8 Å². The molecule has 0 bridgehead atoms. The third kappa shape index (κ3) is 1.42. The minimum atomic E-state index is -1.91. The molecule has 2 atom stereocenters. The van der Waals surface area contributed by atoms with Crippen LogP contribution in [0, 0.1) is 0 Å². The monoisotopic (exact) mass is 242 g/mol. The molecule has 0 spiro atoms. The summed E-state index contributed by atoms with van der Waals surface area (Å²) >= 11 is 5.87. The van der Waals surface area contributed by atoms with E-state index >= 15 is 0 Å². The van der Waals surface area contributed by atoms with Gasteiger partial charge in [0.25, 0.3) is 0 Å². The van der Waals surface area contributed by atoms with Gasteiger partial charge >= 0.3 is 0 Å². The Bertz CT molecular complexity index is 457. The lowest BCUT2D eigenvalue weighted by atomic mass is 9.79. The van der Waals surface area contributed by atoms with E-state index in [1.807, 2.05) is 0 Å². The van der Waals surface area contributed by atoms with Crippen LogP contribution < -0.4 is 0 Å². The van der Waals surface area contributed by atoms with Crippen molar-refractivity contribution >= 4 is 17.4 Å². The van der Waals surface area contributed by atoms with Gasteiger partial charge < -0.3 is 14.9 Å². The van der Waals surface area contributed by atoms with Crippen molar-refractivity contribution in [1.29, 1.82) is 0 Å². The van der Waals surface area contributed by atoms with Crippen molar-refractivity contribution in [3.63, 3.8) is 0 Å². The molecule has 16 heavy (non-hydrogen) atoms. The van der Waals surface area contributed by atoms with Crippen LogP contribution in [-0.2, 0) is 9.53 Å². The quantitative estimate of drug-likeness (QED) is 0.665. The number of fused-ring (bicyclic) bond motifs is 1. The first kappa shape index (κ1) is 11.4. The van der Waals surface area contributed by atoms with E-state index in [2.05, 4.69) is 0 Å². The van der Waals surface area contributed by atoms with Crippen molar-refractivity contribution < 1.29 is 19.7 Å². The van der Waals surface area contributed by atoms with Crippen molar-refractivity contribution in [2.75, 3.05) is 0 Å². The molecule has 0 fully saturated rings. The zero-order chi connectivity index (χ0) is 12.1. The molecule has 1 aliphatic carbocycles. The molecule has 5 heteroatoms. The molecule has 0 aromatic heterocycles. The Morgan fingerprint density at radius 2 is 2.19 bits per heavy atom. The number of carbonyl (C=O) groups excluding carboxylic acids is 1. The average Bonchev–Trinajstić information content (AvgIpc) is 2.24. The van der Waals surface area contributed by atoms with Crippen LogP contribution in [0.25, 0.3) is 0 Å². The van der Waals surface area contributed by atoms with Crippen molar-refractivity contribution in [1.82, 2.24) is 0 Å². The summed E-state index contributed by atoms with van der Waals surface area (Å²) < 4.78 is 5.12. The van der Waals surface area contributed by atoms with Gasteiger partial charge in [-0.15, -0.1) is 0 Å². The standard InChI is InChI=1S/C11H11ClO4/c1-5-3-6-7(4-16-5)9(13)11(2,15)10(14)8(6)12/h3-4,9,13,15H,1-2H3. The van der Waals surface area contributed by atoms with Crippen LogP contribution in [-0.4, -0.2) is 27.7 Å². The Balaban J connectivity index is 2.63. The number of ketones is 1. The summed E-state index contributed by atoms with van der Waals surface area (Å²) in [4.78, 5) is 11.7. The SMILES string of the molecule is CC1=CC2=C(Cl)C(=O)C(C)(O)C(O)C2=CO1. The van der Waals surface area contributed by atoms with E-state index < -0.39 is 17.5 Å². The van der Waals surface area contributed by atoms with Crippen LogP contribution in [0.15, 0.2) is 34.3 Å². The number of carbonyl (C=O) groups is 1. The predicted molar refractivity (Wildman–Crippen MR) is 57.4 cm³/mol. The van der Waals surface area contributed by atoms with Crippen LogP contribution >= 0.6 is 11.6 Å². The summed E-state index contributed by atoms with van der Waals surface area (Å²) in [5.74, 6) is -0.113. The number of hydrogen-bond acceptors (Lipinski definition) is 4. The van der Waals surface area contributed by atoms with Gasteiger partial charge in [-0.2, -0.15) is 0 Å². The largest absolute Gasteiger partial charge is 0.469 e. The summed E-state index contributed by atoms with van der Waals surface area (Å²) in [7, 11) is 0. The number of aliphatic hydroxyl groups is 2. The fraction of sp³-hybridized carbons (Fsp3) is 0.364. The maximum Gasteiger partial charge on any atom is 0.209 e. The molecule has 0 aromatic rings. The first-order chi connectivity index (χ1) is 7.35. The molecule has 0 aromatic carbocycles. The molecule has 2 unspecified atom stereocenters. The van der Waals surface area contributed by atoms with E-state index in [0.29, 0.717) is 16.9 Å². The summed E-state index contributed by atoms with van der Waals surface area (Å²) in [6, 6.07) is 0. The Morgan fingerprint density at radius 3 is 2.81 bits per heavy atom. The lowest BCUT2D eigenvalue weighted by Crippen LogP contribution is -2.51. The highest BCUT2D eigenvalue weighted by molar-refractivity contribution is 6.45. The average molecular weight is 243 g/mol. The highest BCUT2D eigenvalue weighted by Gasteiger charge is 2.47. The Labute approximate surface area is 97.5 Å². The van der Waals surface area contributed by atoms with E-state index in [1.54, 1.807) is 13.0 Å². The van der Waals surface area contributed by atoms with Crippen molar-refractivity contribution in [3.8, 4) is 0 Å². The summed E-state index contributed by atoms with van der Waals surface area (Å²) in [6.45, 7) is 2.93. The zero-order valence-corrected chi connectivity index (χ0v) is 9.58.